The molecule has 6 heteroatoms. The van der Waals surface area contributed by atoms with Crippen molar-refractivity contribution >= 4 is 11.6 Å². The Morgan fingerprint density at radius 2 is 1.88 bits per heavy atom. The SMILES string of the molecule is Cc1cc(Oc2nc(C)c(C)nc2Cl)n[nH]1. The van der Waals surface area contributed by atoms with Crippen LogP contribution in [0.2, 0.25) is 5.15 Å². The average molecular weight is 239 g/mol. The van der Waals surface area contributed by atoms with E-state index in [0.29, 0.717) is 5.88 Å². The van der Waals surface area contributed by atoms with Crippen LogP contribution in [0.15, 0.2) is 6.07 Å². The summed E-state index contributed by atoms with van der Waals surface area (Å²) < 4.78 is 5.42. The molecule has 1 N–H and O–H groups in total. The molecule has 0 amide bonds. The number of aromatic nitrogens is 4. The van der Waals surface area contributed by atoms with Crippen molar-refractivity contribution in [2.75, 3.05) is 0 Å². The van der Waals surface area contributed by atoms with Crippen LogP contribution in [-0.4, -0.2) is 20.2 Å². The van der Waals surface area contributed by atoms with Gasteiger partial charge in [-0.2, -0.15) is 0 Å². The van der Waals surface area contributed by atoms with E-state index < -0.39 is 0 Å². The molecule has 2 aromatic rings. The molecule has 5 nitrogen and oxygen atoms in total. The predicted octanol–water partition coefficient (Wildman–Crippen LogP) is 2.57. The van der Waals surface area contributed by atoms with E-state index in [9.17, 15) is 0 Å². The quantitative estimate of drug-likeness (QED) is 0.873. The maximum absolute atomic E-state index is 5.92. The van der Waals surface area contributed by atoms with Gasteiger partial charge in [-0.3, -0.25) is 5.10 Å². The maximum atomic E-state index is 5.92. The Morgan fingerprint density at radius 1 is 1.19 bits per heavy atom. The summed E-state index contributed by atoms with van der Waals surface area (Å²) in [6.45, 7) is 5.57. The largest absolute Gasteiger partial charge is 0.416 e. The molecule has 0 aliphatic heterocycles. The molecule has 0 bridgehead atoms. The van der Waals surface area contributed by atoms with Crippen LogP contribution in [-0.2, 0) is 0 Å². The summed E-state index contributed by atoms with van der Waals surface area (Å²) in [6.07, 6.45) is 0. The van der Waals surface area contributed by atoms with E-state index in [0.717, 1.165) is 17.1 Å². The fraction of sp³-hybridized carbons (Fsp3) is 0.300. The monoisotopic (exact) mass is 238 g/mol. The second kappa shape index (κ2) is 4.09. The number of nitrogens with one attached hydrogen (secondary N) is 1. The summed E-state index contributed by atoms with van der Waals surface area (Å²) in [5.74, 6) is 0.702. The first kappa shape index (κ1) is 10.9. The van der Waals surface area contributed by atoms with Gasteiger partial charge in [0.05, 0.1) is 11.4 Å². The van der Waals surface area contributed by atoms with Crippen molar-refractivity contribution in [1.29, 1.82) is 0 Å². The van der Waals surface area contributed by atoms with Gasteiger partial charge in [-0.15, -0.1) is 5.10 Å². The standard InChI is InChI=1S/C10H11ClN4O/c1-5-4-8(15-14-5)16-10-9(11)12-6(2)7(3)13-10/h4H,1-3H3,(H,14,15). The van der Waals surface area contributed by atoms with Crippen molar-refractivity contribution in [3.05, 3.63) is 28.3 Å². The number of rotatable bonds is 2. The van der Waals surface area contributed by atoms with Crippen LogP contribution in [0.5, 0.6) is 11.8 Å². The van der Waals surface area contributed by atoms with Gasteiger partial charge >= 0.3 is 0 Å². The second-order valence-corrected chi connectivity index (χ2v) is 3.84. The molecule has 0 aromatic carbocycles. The zero-order valence-corrected chi connectivity index (χ0v) is 9.96. The third kappa shape index (κ3) is 2.14. The Hall–Kier alpha value is -1.62. The lowest BCUT2D eigenvalue weighted by Crippen LogP contribution is -1.97. The number of hydrogen-bond acceptors (Lipinski definition) is 4. The van der Waals surface area contributed by atoms with Crippen LogP contribution < -0.4 is 4.74 Å². The van der Waals surface area contributed by atoms with E-state index in [1.54, 1.807) is 6.07 Å². The summed E-state index contributed by atoms with van der Waals surface area (Å²) in [4.78, 5) is 8.32. The van der Waals surface area contributed by atoms with Gasteiger partial charge in [0.2, 0.25) is 5.88 Å². The highest BCUT2D eigenvalue weighted by molar-refractivity contribution is 6.30. The molecule has 0 atom stereocenters. The first-order valence-electron chi connectivity index (χ1n) is 4.77. The van der Waals surface area contributed by atoms with Crippen LogP contribution in [0, 0.1) is 20.8 Å². The van der Waals surface area contributed by atoms with Crippen LogP contribution in [0.3, 0.4) is 0 Å². The lowest BCUT2D eigenvalue weighted by atomic mass is 10.3. The molecule has 2 heterocycles. The van der Waals surface area contributed by atoms with E-state index in [1.807, 2.05) is 20.8 Å². The number of nitrogens with zero attached hydrogens (tertiary/aromatic N) is 3. The highest BCUT2D eigenvalue weighted by Crippen LogP contribution is 2.25. The molecule has 2 rings (SSSR count). The van der Waals surface area contributed by atoms with Crippen LogP contribution in [0.1, 0.15) is 17.1 Å². The average Bonchev–Trinajstić information content (AvgIpc) is 2.60. The van der Waals surface area contributed by atoms with Gasteiger partial charge < -0.3 is 4.74 Å². The Balaban J connectivity index is 2.31. The van der Waals surface area contributed by atoms with E-state index in [1.165, 1.54) is 0 Å². The molecular weight excluding hydrogens is 228 g/mol. The summed E-state index contributed by atoms with van der Waals surface area (Å²) in [6, 6.07) is 1.76. The number of aryl methyl sites for hydroxylation is 3. The number of halogens is 1. The molecule has 0 radical (unpaired) electrons. The normalized spacial score (nSPS) is 10.5. The van der Waals surface area contributed by atoms with Crippen LogP contribution in [0.25, 0.3) is 0 Å². The molecule has 0 saturated heterocycles. The zero-order chi connectivity index (χ0) is 11.7. The molecular formula is C10H11ClN4O. The Bertz CT molecular complexity index is 524. The summed E-state index contributed by atoms with van der Waals surface area (Å²) in [7, 11) is 0. The number of ether oxygens (including phenoxy) is 1. The fourth-order valence-electron chi connectivity index (χ4n) is 1.16. The molecule has 0 unspecified atom stereocenters. The minimum Gasteiger partial charge on any atom is -0.416 e. The molecule has 0 aliphatic carbocycles. The number of hydrogen-bond donors (Lipinski definition) is 1. The Morgan fingerprint density at radius 3 is 2.50 bits per heavy atom. The van der Waals surface area contributed by atoms with Gasteiger partial charge in [-0.05, 0) is 20.8 Å². The Labute approximate surface area is 97.8 Å². The van der Waals surface area contributed by atoms with Gasteiger partial charge in [0, 0.05) is 11.8 Å². The topological polar surface area (TPSA) is 63.7 Å². The van der Waals surface area contributed by atoms with Crippen molar-refractivity contribution in [1.82, 2.24) is 20.2 Å². The summed E-state index contributed by atoms with van der Waals surface area (Å²) >= 11 is 5.92. The third-order valence-electron chi connectivity index (χ3n) is 2.12. The first-order chi connectivity index (χ1) is 7.56. The predicted molar refractivity (Wildman–Crippen MR) is 59.9 cm³/mol. The molecule has 84 valence electrons. The number of H-pyrrole nitrogens is 1. The first-order valence-corrected chi connectivity index (χ1v) is 5.14. The smallest absolute Gasteiger partial charge is 0.259 e. The molecule has 0 spiro atoms. The van der Waals surface area contributed by atoms with Gasteiger partial charge in [0.25, 0.3) is 5.88 Å². The highest BCUT2D eigenvalue weighted by atomic mass is 35.5. The molecule has 0 aliphatic rings. The van der Waals surface area contributed by atoms with Crippen LogP contribution in [0.4, 0.5) is 0 Å². The van der Waals surface area contributed by atoms with Crippen molar-refractivity contribution in [2.24, 2.45) is 0 Å². The lowest BCUT2D eigenvalue weighted by Gasteiger charge is -2.05. The van der Waals surface area contributed by atoms with Crippen molar-refractivity contribution < 1.29 is 4.74 Å². The van der Waals surface area contributed by atoms with Gasteiger partial charge in [-0.25, -0.2) is 9.97 Å². The molecule has 2 aromatic heterocycles. The molecule has 0 fully saturated rings. The minimum atomic E-state index is 0.240. The van der Waals surface area contributed by atoms with Crippen LogP contribution >= 0.6 is 11.6 Å². The third-order valence-corrected chi connectivity index (χ3v) is 2.37. The van der Waals surface area contributed by atoms with E-state index in [-0.39, 0.29) is 11.0 Å². The van der Waals surface area contributed by atoms with Gasteiger partial charge in [0.1, 0.15) is 0 Å². The molecule has 0 saturated carbocycles. The Kier molecular flexibility index (Phi) is 2.78. The van der Waals surface area contributed by atoms with E-state index in [4.69, 9.17) is 16.3 Å². The number of aromatic amines is 1. The maximum Gasteiger partial charge on any atom is 0.259 e. The minimum absolute atomic E-state index is 0.240. The highest BCUT2D eigenvalue weighted by Gasteiger charge is 2.10. The van der Waals surface area contributed by atoms with E-state index in [2.05, 4.69) is 20.2 Å². The lowest BCUT2D eigenvalue weighted by molar-refractivity contribution is 0.439. The summed E-state index contributed by atoms with van der Waals surface area (Å²) in [5.41, 5.74) is 2.48. The van der Waals surface area contributed by atoms with Crippen molar-refractivity contribution in [2.45, 2.75) is 20.8 Å². The van der Waals surface area contributed by atoms with Crippen molar-refractivity contribution in [3.63, 3.8) is 0 Å². The fourth-order valence-corrected chi connectivity index (χ4v) is 1.37. The van der Waals surface area contributed by atoms with Gasteiger partial charge in [0.15, 0.2) is 5.15 Å². The van der Waals surface area contributed by atoms with Gasteiger partial charge in [-0.1, -0.05) is 11.6 Å². The zero-order valence-electron chi connectivity index (χ0n) is 9.21. The second-order valence-electron chi connectivity index (χ2n) is 3.48. The summed E-state index contributed by atoms with van der Waals surface area (Å²) in [5, 5.41) is 6.94. The van der Waals surface area contributed by atoms with E-state index >= 15 is 0 Å². The molecule has 16 heavy (non-hydrogen) atoms. The van der Waals surface area contributed by atoms with Crippen molar-refractivity contribution in [3.8, 4) is 11.8 Å².